The minimum Gasteiger partial charge on any atom is -0.384 e. The van der Waals surface area contributed by atoms with Crippen molar-refractivity contribution < 1.29 is 4.74 Å². The number of hydrogen-bond donors (Lipinski definition) is 0. The van der Waals surface area contributed by atoms with Crippen molar-refractivity contribution in [1.82, 2.24) is 0 Å². The molecule has 3 rings (SSSR count). The molecule has 0 N–H and O–H groups in total. The van der Waals surface area contributed by atoms with Crippen molar-refractivity contribution in [3.8, 4) is 0 Å². The van der Waals surface area contributed by atoms with Crippen molar-refractivity contribution in [1.29, 1.82) is 0 Å². The van der Waals surface area contributed by atoms with Crippen molar-refractivity contribution in [3.05, 3.63) is 0 Å². The smallest absolute Gasteiger partial charge is 0.0527 e. The van der Waals surface area contributed by atoms with Crippen LogP contribution in [0.15, 0.2) is 0 Å². The van der Waals surface area contributed by atoms with Crippen molar-refractivity contribution in [2.45, 2.75) is 19.3 Å². The van der Waals surface area contributed by atoms with E-state index in [1.807, 2.05) is 7.11 Å². The Kier molecular flexibility index (Phi) is 0.797. The standard InChI is InChI=1S/C9H14O/c1-10-5-9-6-3-2-4-7(9)8(6)9/h6-8H,2-5H2,1H3/t6-,7-,8?,9?/m0/s1. The summed E-state index contributed by atoms with van der Waals surface area (Å²) < 4.78 is 5.25. The monoisotopic (exact) mass is 138 g/mol. The first-order valence-corrected chi connectivity index (χ1v) is 4.40. The summed E-state index contributed by atoms with van der Waals surface area (Å²) in [5.74, 6) is 3.33. The number of methoxy groups -OCH3 is 1. The SMILES string of the molecule is COCC12C3[C@@H]1CCC[C@@H]32. The molecule has 56 valence electrons. The van der Waals surface area contributed by atoms with E-state index in [-0.39, 0.29) is 0 Å². The van der Waals surface area contributed by atoms with Gasteiger partial charge in [0.1, 0.15) is 0 Å². The first-order chi connectivity index (χ1) is 4.91. The van der Waals surface area contributed by atoms with E-state index in [2.05, 4.69) is 0 Å². The second-order valence-electron chi connectivity index (χ2n) is 4.22. The van der Waals surface area contributed by atoms with Gasteiger partial charge >= 0.3 is 0 Å². The summed E-state index contributed by atoms with van der Waals surface area (Å²) in [5.41, 5.74) is 0.757. The molecule has 0 heterocycles. The maximum absolute atomic E-state index is 5.25. The Morgan fingerprint density at radius 3 is 2.60 bits per heavy atom. The van der Waals surface area contributed by atoms with E-state index in [1.54, 1.807) is 0 Å². The molecule has 1 nitrogen and oxygen atoms in total. The van der Waals surface area contributed by atoms with Gasteiger partial charge in [0, 0.05) is 12.5 Å². The highest BCUT2D eigenvalue weighted by Gasteiger charge is 2.86. The van der Waals surface area contributed by atoms with Crippen LogP contribution in [0, 0.1) is 23.2 Å². The minimum atomic E-state index is 0.757. The lowest BCUT2D eigenvalue weighted by molar-refractivity contribution is 0.120. The third-order valence-corrected chi connectivity index (χ3v) is 4.07. The molecule has 0 aromatic carbocycles. The summed E-state index contributed by atoms with van der Waals surface area (Å²) >= 11 is 0. The first kappa shape index (κ1) is 5.59. The summed E-state index contributed by atoms with van der Waals surface area (Å²) in [7, 11) is 1.85. The fourth-order valence-electron chi connectivity index (χ4n) is 3.60. The Labute approximate surface area is 61.8 Å². The van der Waals surface area contributed by atoms with Gasteiger partial charge in [-0.1, -0.05) is 6.42 Å². The predicted octanol–water partition coefficient (Wildman–Crippen LogP) is 1.68. The molecule has 3 fully saturated rings. The van der Waals surface area contributed by atoms with Crippen LogP contribution in [0.1, 0.15) is 19.3 Å². The van der Waals surface area contributed by atoms with Gasteiger partial charge in [-0.15, -0.1) is 0 Å². The minimum absolute atomic E-state index is 0.757. The van der Waals surface area contributed by atoms with Crippen LogP contribution in [0.4, 0.5) is 0 Å². The first-order valence-electron chi connectivity index (χ1n) is 4.40. The molecular formula is C9H14O. The van der Waals surface area contributed by atoms with E-state index in [0.29, 0.717) is 0 Å². The fraction of sp³-hybridized carbons (Fsp3) is 1.00. The average molecular weight is 138 g/mol. The Balaban J connectivity index is 1.76. The van der Waals surface area contributed by atoms with Gasteiger partial charge in [0.2, 0.25) is 0 Å². The Morgan fingerprint density at radius 1 is 1.40 bits per heavy atom. The summed E-state index contributed by atoms with van der Waals surface area (Å²) in [6.45, 7) is 1.06. The number of fused-ring (bicyclic) bond motifs is 2. The Hall–Kier alpha value is -0.0400. The molecule has 1 heteroatoms. The molecule has 0 bridgehead atoms. The van der Waals surface area contributed by atoms with Gasteiger partial charge in [-0.05, 0) is 30.6 Å². The molecule has 0 radical (unpaired) electrons. The molecular weight excluding hydrogens is 124 g/mol. The number of rotatable bonds is 2. The lowest BCUT2D eigenvalue weighted by atomic mass is 9.83. The van der Waals surface area contributed by atoms with E-state index in [4.69, 9.17) is 4.74 Å². The zero-order valence-electron chi connectivity index (χ0n) is 6.47. The molecule has 3 aliphatic rings. The summed E-state index contributed by atoms with van der Waals surface area (Å²) in [4.78, 5) is 0. The molecule has 2 atom stereocenters. The second-order valence-corrected chi connectivity index (χ2v) is 4.22. The molecule has 0 aromatic rings. The highest BCUT2D eigenvalue weighted by molar-refractivity contribution is 5.32. The molecule has 0 saturated heterocycles. The largest absolute Gasteiger partial charge is 0.384 e. The lowest BCUT2D eigenvalue weighted by Crippen LogP contribution is -2.18. The molecule has 0 amide bonds. The van der Waals surface area contributed by atoms with E-state index >= 15 is 0 Å². The zero-order valence-corrected chi connectivity index (χ0v) is 6.47. The fourth-order valence-corrected chi connectivity index (χ4v) is 3.60. The maximum Gasteiger partial charge on any atom is 0.0527 e. The van der Waals surface area contributed by atoms with Crippen LogP contribution in [-0.4, -0.2) is 13.7 Å². The molecule has 0 aromatic heterocycles. The summed E-state index contributed by atoms with van der Waals surface area (Å²) in [6, 6.07) is 0. The third kappa shape index (κ3) is 0.378. The van der Waals surface area contributed by atoms with Gasteiger partial charge < -0.3 is 4.74 Å². The highest BCUT2D eigenvalue weighted by Crippen LogP contribution is 2.88. The zero-order chi connectivity index (χ0) is 6.77. The van der Waals surface area contributed by atoms with Gasteiger partial charge in [0.15, 0.2) is 0 Å². The van der Waals surface area contributed by atoms with E-state index in [1.165, 1.54) is 19.3 Å². The van der Waals surface area contributed by atoms with Crippen molar-refractivity contribution in [3.63, 3.8) is 0 Å². The van der Waals surface area contributed by atoms with Crippen LogP contribution in [-0.2, 0) is 4.74 Å². The Bertz CT molecular complexity index is 154. The van der Waals surface area contributed by atoms with Crippen molar-refractivity contribution in [2.75, 3.05) is 13.7 Å². The number of hydrogen-bond acceptors (Lipinski definition) is 1. The second kappa shape index (κ2) is 1.42. The van der Waals surface area contributed by atoms with E-state index < -0.39 is 0 Å². The van der Waals surface area contributed by atoms with Crippen LogP contribution >= 0.6 is 0 Å². The van der Waals surface area contributed by atoms with E-state index in [9.17, 15) is 0 Å². The molecule has 0 unspecified atom stereocenters. The van der Waals surface area contributed by atoms with Crippen LogP contribution in [0.3, 0.4) is 0 Å². The molecule has 0 aliphatic heterocycles. The third-order valence-electron chi connectivity index (χ3n) is 4.07. The topological polar surface area (TPSA) is 9.23 Å². The lowest BCUT2D eigenvalue weighted by Gasteiger charge is -2.24. The highest BCUT2D eigenvalue weighted by atomic mass is 16.5. The van der Waals surface area contributed by atoms with E-state index in [0.717, 1.165) is 29.8 Å². The van der Waals surface area contributed by atoms with Gasteiger partial charge in [-0.3, -0.25) is 0 Å². The van der Waals surface area contributed by atoms with Crippen molar-refractivity contribution >= 4 is 0 Å². The molecule has 10 heavy (non-hydrogen) atoms. The average Bonchev–Trinajstić information content (AvgIpc) is 2.80. The summed E-state index contributed by atoms with van der Waals surface area (Å²) in [5, 5.41) is 0. The van der Waals surface area contributed by atoms with Crippen LogP contribution < -0.4 is 0 Å². The van der Waals surface area contributed by atoms with Gasteiger partial charge in [-0.2, -0.15) is 0 Å². The molecule has 3 saturated carbocycles. The maximum atomic E-state index is 5.25. The van der Waals surface area contributed by atoms with Crippen molar-refractivity contribution in [2.24, 2.45) is 23.2 Å². The van der Waals surface area contributed by atoms with Gasteiger partial charge in [0.25, 0.3) is 0 Å². The quantitative estimate of drug-likeness (QED) is 0.564. The van der Waals surface area contributed by atoms with Crippen LogP contribution in [0.2, 0.25) is 0 Å². The normalized spacial score (nSPS) is 61.5. The molecule has 3 aliphatic carbocycles. The predicted molar refractivity (Wildman–Crippen MR) is 38.6 cm³/mol. The van der Waals surface area contributed by atoms with Crippen LogP contribution in [0.5, 0.6) is 0 Å². The number of ether oxygens (including phenoxy) is 1. The Morgan fingerprint density at radius 2 is 2.10 bits per heavy atom. The van der Waals surface area contributed by atoms with Gasteiger partial charge in [0.05, 0.1) is 6.61 Å². The summed E-state index contributed by atoms with van der Waals surface area (Å²) in [6.07, 6.45) is 4.51. The molecule has 0 spiro atoms. The van der Waals surface area contributed by atoms with Gasteiger partial charge in [-0.25, -0.2) is 0 Å². The van der Waals surface area contributed by atoms with Crippen LogP contribution in [0.25, 0.3) is 0 Å².